The molecule has 0 unspecified atom stereocenters. The van der Waals surface area contributed by atoms with Crippen LogP contribution < -0.4 is 0 Å². The Bertz CT molecular complexity index is 3660. The van der Waals surface area contributed by atoms with Gasteiger partial charge in [-0.3, -0.25) is 0 Å². The average Bonchev–Trinajstić information content (AvgIpc) is 3.50. The molecular formula is C76H60. The molecule has 0 aliphatic heterocycles. The minimum absolute atomic E-state index is 1.21. The number of hydrogen-bond acceptors (Lipinski definition) is 0. The van der Waals surface area contributed by atoms with E-state index in [1.165, 1.54) is 134 Å². The Kier molecular flexibility index (Phi) is 14.4. The van der Waals surface area contributed by atoms with Crippen LogP contribution in [0.1, 0.15) is 22.3 Å². The van der Waals surface area contributed by atoms with Gasteiger partial charge in [0.2, 0.25) is 0 Å². The van der Waals surface area contributed by atoms with E-state index in [9.17, 15) is 0 Å². The number of aryl methyl sites for hydroxylation is 4. The van der Waals surface area contributed by atoms with Gasteiger partial charge in [0.25, 0.3) is 0 Å². The lowest BCUT2D eigenvalue weighted by Gasteiger charge is -2.13. The van der Waals surface area contributed by atoms with Gasteiger partial charge in [-0.05, 0) is 187 Å². The van der Waals surface area contributed by atoms with E-state index in [1.54, 1.807) is 0 Å². The van der Waals surface area contributed by atoms with Crippen molar-refractivity contribution in [2.45, 2.75) is 27.7 Å². The molecule has 12 aromatic carbocycles. The molecule has 364 valence electrons. The fourth-order valence-electron chi connectivity index (χ4n) is 10.2. The van der Waals surface area contributed by atoms with Crippen molar-refractivity contribution in [3.05, 3.63) is 313 Å². The summed E-state index contributed by atoms with van der Waals surface area (Å²) in [6.45, 7) is 8.56. The molecule has 0 N–H and O–H groups in total. The summed E-state index contributed by atoms with van der Waals surface area (Å²) in [4.78, 5) is 0. The summed E-state index contributed by atoms with van der Waals surface area (Å²) in [7, 11) is 0. The first-order valence-electron chi connectivity index (χ1n) is 26.4. The fraction of sp³-hybridized carbons (Fsp3) is 0.0526. The van der Waals surface area contributed by atoms with Gasteiger partial charge in [0.1, 0.15) is 0 Å². The van der Waals surface area contributed by atoms with Crippen molar-refractivity contribution < 1.29 is 0 Å². The molecule has 0 heterocycles. The average molecular weight is 973 g/mol. The Morgan fingerprint density at radius 3 is 0.671 bits per heavy atom. The van der Waals surface area contributed by atoms with Crippen molar-refractivity contribution in [1.29, 1.82) is 0 Å². The summed E-state index contributed by atoms with van der Waals surface area (Å²) >= 11 is 0. The van der Waals surface area contributed by atoms with E-state index in [1.807, 2.05) is 0 Å². The van der Waals surface area contributed by atoms with E-state index in [2.05, 4.69) is 319 Å². The monoisotopic (exact) mass is 972 g/mol. The van der Waals surface area contributed by atoms with Crippen molar-refractivity contribution >= 4 is 0 Å². The highest BCUT2D eigenvalue weighted by Crippen LogP contribution is 2.39. The summed E-state index contributed by atoms with van der Waals surface area (Å²) in [5.74, 6) is 0. The highest BCUT2D eigenvalue weighted by atomic mass is 14.2. The first-order valence-corrected chi connectivity index (χ1v) is 26.4. The summed E-state index contributed by atoms with van der Waals surface area (Å²) in [5.41, 5.74) is 29.7. The first kappa shape index (κ1) is 48.9. The third kappa shape index (κ3) is 11.4. The molecular weight excluding hydrogens is 913 g/mol. The first-order chi connectivity index (χ1) is 37.3. The molecule has 76 heavy (non-hydrogen) atoms. The molecule has 0 aromatic heterocycles. The van der Waals surface area contributed by atoms with Crippen LogP contribution >= 0.6 is 0 Å². The number of hydrogen-bond donors (Lipinski definition) is 0. The molecule has 12 aromatic rings. The summed E-state index contributed by atoms with van der Waals surface area (Å²) in [6.07, 6.45) is 0. The Hall–Kier alpha value is -9.36. The number of benzene rings is 12. The topological polar surface area (TPSA) is 0 Å². The normalized spacial score (nSPS) is 10.9. The third-order valence-electron chi connectivity index (χ3n) is 14.4. The zero-order valence-corrected chi connectivity index (χ0v) is 43.7. The maximum absolute atomic E-state index is 2.32. The van der Waals surface area contributed by atoms with E-state index in [0.717, 1.165) is 0 Å². The van der Waals surface area contributed by atoms with Gasteiger partial charge in [-0.1, -0.05) is 265 Å². The van der Waals surface area contributed by atoms with Crippen LogP contribution in [-0.2, 0) is 0 Å². The molecule has 0 nitrogen and oxygen atoms in total. The molecule has 0 heteroatoms. The second kappa shape index (κ2) is 22.4. The highest BCUT2D eigenvalue weighted by Gasteiger charge is 2.13. The number of rotatable bonds is 10. The predicted octanol–water partition coefficient (Wildman–Crippen LogP) is 21.3. The maximum Gasteiger partial charge on any atom is -0.0105 e. The van der Waals surface area contributed by atoms with Crippen molar-refractivity contribution in [2.24, 2.45) is 0 Å². The fourth-order valence-corrected chi connectivity index (χ4v) is 10.2. The van der Waals surface area contributed by atoms with E-state index in [0.29, 0.717) is 0 Å². The van der Waals surface area contributed by atoms with Crippen LogP contribution in [0, 0.1) is 27.7 Å². The Morgan fingerprint density at radius 1 is 0.132 bits per heavy atom. The van der Waals surface area contributed by atoms with E-state index in [4.69, 9.17) is 0 Å². The summed E-state index contributed by atoms with van der Waals surface area (Å²) in [6, 6.07) is 106. The van der Waals surface area contributed by atoms with Gasteiger partial charge >= 0.3 is 0 Å². The van der Waals surface area contributed by atoms with Crippen LogP contribution in [0.4, 0.5) is 0 Å². The summed E-state index contributed by atoms with van der Waals surface area (Å²) in [5, 5.41) is 0. The van der Waals surface area contributed by atoms with Gasteiger partial charge in [-0.15, -0.1) is 0 Å². The molecule has 0 saturated carbocycles. The van der Waals surface area contributed by atoms with Gasteiger partial charge in [0, 0.05) is 0 Å². The Balaban J connectivity index is 0.000000171. The van der Waals surface area contributed by atoms with Gasteiger partial charge in [0.05, 0.1) is 0 Å². The second-order valence-electron chi connectivity index (χ2n) is 20.1. The molecule has 0 fully saturated rings. The molecule has 0 aliphatic rings. The smallest absolute Gasteiger partial charge is 0.0105 e. The van der Waals surface area contributed by atoms with Crippen molar-refractivity contribution in [3.63, 3.8) is 0 Å². The van der Waals surface area contributed by atoms with Crippen LogP contribution in [0.2, 0.25) is 0 Å². The van der Waals surface area contributed by atoms with Crippen LogP contribution in [0.15, 0.2) is 291 Å². The molecule has 0 atom stereocenters. The van der Waals surface area contributed by atoms with Crippen molar-refractivity contribution in [2.75, 3.05) is 0 Å². The van der Waals surface area contributed by atoms with Crippen molar-refractivity contribution in [1.82, 2.24) is 0 Å². The Morgan fingerprint density at radius 2 is 0.355 bits per heavy atom. The minimum atomic E-state index is 1.21. The standard InChI is InChI=1S/C44H34.C32H26/c1-31-13-17-35(18-14-31)41-25-39(33-9-5-3-6-10-33)27-43(29-41)37-21-23-38(24-22-37)44-28-40(34-11-7-4-8-12-34)26-42(30-44)36-19-15-32(2)16-20-36;1-23-9-5-11-25(19-23)27-13-7-15-29(21-27)31-17-3-4-18-32(31)30-16-8-14-28(22-30)26-12-6-10-24(2)20-26/h3-30H,1-2H3;3-22H,1-2H3. The van der Waals surface area contributed by atoms with Gasteiger partial charge in [-0.2, -0.15) is 0 Å². The molecule has 0 bridgehead atoms. The molecule has 12 rings (SSSR count). The lowest BCUT2D eigenvalue weighted by atomic mass is 9.91. The van der Waals surface area contributed by atoms with Crippen LogP contribution in [0.3, 0.4) is 0 Å². The molecule has 0 spiro atoms. The minimum Gasteiger partial charge on any atom is -0.0622 e. The maximum atomic E-state index is 2.32. The van der Waals surface area contributed by atoms with E-state index in [-0.39, 0.29) is 0 Å². The zero-order valence-electron chi connectivity index (χ0n) is 43.7. The van der Waals surface area contributed by atoms with Crippen LogP contribution in [-0.4, -0.2) is 0 Å². The predicted molar refractivity (Wildman–Crippen MR) is 326 cm³/mol. The van der Waals surface area contributed by atoms with Crippen LogP contribution in [0.25, 0.3) is 111 Å². The van der Waals surface area contributed by atoms with Gasteiger partial charge in [-0.25, -0.2) is 0 Å². The highest BCUT2D eigenvalue weighted by molar-refractivity contribution is 5.88. The molecule has 0 saturated heterocycles. The molecule has 0 aliphatic carbocycles. The van der Waals surface area contributed by atoms with Crippen molar-refractivity contribution in [3.8, 4) is 111 Å². The van der Waals surface area contributed by atoms with Gasteiger partial charge in [0.15, 0.2) is 0 Å². The molecule has 0 radical (unpaired) electrons. The summed E-state index contributed by atoms with van der Waals surface area (Å²) < 4.78 is 0. The largest absolute Gasteiger partial charge is 0.0622 e. The van der Waals surface area contributed by atoms with E-state index >= 15 is 0 Å². The SMILES string of the molecule is Cc1ccc(-c2cc(-c3ccccc3)cc(-c3ccc(-c4cc(-c5ccccc5)cc(-c5ccc(C)cc5)c4)cc3)c2)cc1.Cc1cccc(-c2cccc(-c3ccccc3-c3cccc(-c4cccc(C)c4)c3)c2)c1. The quantitative estimate of drug-likeness (QED) is 0.128. The third-order valence-corrected chi connectivity index (χ3v) is 14.4. The Labute approximate surface area is 450 Å². The van der Waals surface area contributed by atoms with E-state index < -0.39 is 0 Å². The lowest BCUT2D eigenvalue weighted by Crippen LogP contribution is -1.88. The lowest BCUT2D eigenvalue weighted by molar-refractivity contribution is 1.46. The van der Waals surface area contributed by atoms with Gasteiger partial charge < -0.3 is 0 Å². The second-order valence-corrected chi connectivity index (χ2v) is 20.1. The zero-order chi connectivity index (χ0) is 51.8. The molecule has 0 amide bonds. The van der Waals surface area contributed by atoms with Crippen LogP contribution in [0.5, 0.6) is 0 Å².